The zero-order valence-electron chi connectivity index (χ0n) is 33.2. The van der Waals surface area contributed by atoms with Gasteiger partial charge in [-0.25, -0.2) is 0 Å². The van der Waals surface area contributed by atoms with E-state index < -0.39 is 0 Å². The molecule has 8 rings (SSSR count). The minimum atomic E-state index is 1.18. The van der Waals surface area contributed by atoms with Crippen molar-refractivity contribution in [3.63, 3.8) is 0 Å². The zero-order chi connectivity index (χ0) is 37.0. The van der Waals surface area contributed by atoms with Crippen LogP contribution in [0.5, 0.6) is 0 Å². The van der Waals surface area contributed by atoms with E-state index in [4.69, 9.17) is 0 Å². The molecule has 54 heavy (non-hydrogen) atoms. The first-order chi connectivity index (χ1) is 26.6. The lowest BCUT2D eigenvalue weighted by Gasteiger charge is -2.12. The van der Waals surface area contributed by atoms with Crippen molar-refractivity contribution in [2.24, 2.45) is 14.1 Å². The normalized spacial score (nSPS) is 12.0. The van der Waals surface area contributed by atoms with Crippen LogP contribution in [-0.4, -0.2) is 9.13 Å². The number of hydrogen-bond donors (Lipinski definition) is 0. The Labute approximate surface area is 322 Å². The summed E-state index contributed by atoms with van der Waals surface area (Å²) in [6.45, 7) is 4.57. The van der Waals surface area contributed by atoms with Crippen LogP contribution in [0, 0.1) is 0 Å². The van der Waals surface area contributed by atoms with Gasteiger partial charge < -0.3 is 9.13 Å². The summed E-state index contributed by atoms with van der Waals surface area (Å²) >= 11 is 0. The number of aromatic nitrogens is 2. The van der Waals surface area contributed by atoms with Gasteiger partial charge in [0.25, 0.3) is 0 Å². The molecule has 6 aromatic carbocycles. The summed E-state index contributed by atoms with van der Waals surface area (Å²) in [5.41, 5.74) is 10.6. The van der Waals surface area contributed by atoms with Crippen molar-refractivity contribution in [2.75, 3.05) is 0 Å². The Morgan fingerprint density at radius 1 is 0.352 bits per heavy atom. The first-order valence-corrected chi connectivity index (χ1v) is 21.1. The fourth-order valence-corrected chi connectivity index (χ4v) is 9.21. The van der Waals surface area contributed by atoms with Crippen LogP contribution < -0.4 is 0 Å². The number of hydrogen-bond acceptors (Lipinski definition) is 0. The molecule has 0 saturated carbocycles. The average molecular weight is 711 g/mol. The topological polar surface area (TPSA) is 9.86 Å². The molecule has 8 aromatic rings. The molecule has 0 saturated heterocycles. The van der Waals surface area contributed by atoms with Gasteiger partial charge in [0.15, 0.2) is 0 Å². The monoisotopic (exact) mass is 710 g/mol. The Hall–Kier alpha value is -4.82. The summed E-state index contributed by atoms with van der Waals surface area (Å²) in [7, 11) is 4.47. The smallest absolute Gasteiger partial charge is 0.0562 e. The van der Waals surface area contributed by atoms with Gasteiger partial charge in [0.2, 0.25) is 0 Å². The summed E-state index contributed by atoms with van der Waals surface area (Å²) in [6, 6.07) is 42.2. The number of rotatable bonds is 16. The van der Waals surface area contributed by atoms with E-state index in [0.717, 1.165) is 0 Å². The lowest BCUT2D eigenvalue weighted by atomic mass is 9.95. The third-order valence-corrected chi connectivity index (χ3v) is 12.3. The highest BCUT2D eigenvalue weighted by molar-refractivity contribution is 6.24. The molecule has 0 atom stereocenters. The molecule has 0 N–H and O–H groups in total. The van der Waals surface area contributed by atoms with E-state index in [1.54, 1.807) is 0 Å². The van der Waals surface area contributed by atoms with Crippen LogP contribution >= 0.6 is 0 Å². The highest BCUT2D eigenvalue weighted by Gasteiger charge is 2.16. The van der Waals surface area contributed by atoms with Gasteiger partial charge in [0.1, 0.15) is 0 Å². The van der Waals surface area contributed by atoms with Crippen LogP contribution in [0.2, 0.25) is 0 Å². The molecule has 0 amide bonds. The third kappa shape index (κ3) is 7.08. The minimum absolute atomic E-state index is 1.18. The maximum absolute atomic E-state index is 2.41. The Morgan fingerprint density at radius 2 is 0.685 bits per heavy atom. The molecule has 0 fully saturated rings. The average Bonchev–Trinajstić information content (AvgIpc) is 3.73. The van der Waals surface area contributed by atoms with Crippen LogP contribution in [0.3, 0.4) is 0 Å². The van der Waals surface area contributed by atoms with Crippen molar-refractivity contribution in [1.82, 2.24) is 9.13 Å². The maximum Gasteiger partial charge on any atom is 0.0562 e. The van der Waals surface area contributed by atoms with Crippen molar-refractivity contribution >= 4 is 54.1 Å². The molecule has 0 bridgehead atoms. The predicted molar refractivity (Wildman–Crippen MR) is 237 cm³/mol. The van der Waals surface area contributed by atoms with E-state index in [2.05, 4.69) is 146 Å². The second-order valence-electron chi connectivity index (χ2n) is 16.0. The fraction of sp³-hybridized carbons (Fsp3) is 0.346. The molecule has 2 heteroatoms. The van der Waals surface area contributed by atoms with E-state index >= 15 is 0 Å². The van der Waals surface area contributed by atoms with Crippen LogP contribution in [0.25, 0.3) is 76.6 Å². The van der Waals surface area contributed by atoms with Crippen molar-refractivity contribution in [1.29, 1.82) is 0 Å². The molecule has 0 unspecified atom stereocenters. The SMILES string of the molecule is CCCCCCCCc1ccc(-c2cc3ccc4c5ccc6c(ccc7cc(-c8ccc(CCCCCCCC)cc8)n(C)c76)c5ccc4c3n2C)cc1. The molecule has 0 aliphatic heterocycles. The van der Waals surface area contributed by atoms with E-state index in [9.17, 15) is 0 Å². The molecule has 0 spiro atoms. The number of benzene rings is 6. The van der Waals surface area contributed by atoms with Gasteiger partial charge in [-0.2, -0.15) is 0 Å². The maximum atomic E-state index is 2.41. The Bertz CT molecular complexity index is 2350. The van der Waals surface area contributed by atoms with E-state index in [0.29, 0.717) is 0 Å². The van der Waals surface area contributed by atoms with Gasteiger partial charge in [0, 0.05) is 47.0 Å². The second kappa shape index (κ2) is 16.3. The zero-order valence-corrected chi connectivity index (χ0v) is 33.2. The molecular weight excluding hydrogens is 653 g/mol. The fourth-order valence-electron chi connectivity index (χ4n) is 9.21. The summed E-state index contributed by atoms with van der Waals surface area (Å²) < 4.78 is 4.81. The van der Waals surface area contributed by atoms with Gasteiger partial charge in [-0.15, -0.1) is 0 Å². The molecule has 0 radical (unpaired) electrons. The standard InChI is InChI=1S/C52H58N2/c1-5-7-9-11-13-15-17-37-19-23-39(24-20-37)49-35-41-27-29-45-43-32-34-48-46(44(43)31-33-47(45)51(41)53(49)3)30-28-42-36-50(54(4)52(42)48)40-25-21-38(22-26-40)18-16-14-12-10-8-6-2/h19-36H,5-18H2,1-4H3. The molecule has 2 aromatic heterocycles. The minimum Gasteiger partial charge on any atom is -0.343 e. The van der Waals surface area contributed by atoms with Crippen LogP contribution in [0.4, 0.5) is 0 Å². The highest BCUT2D eigenvalue weighted by Crippen LogP contribution is 2.40. The van der Waals surface area contributed by atoms with Crippen LogP contribution in [-0.2, 0) is 26.9 Å². The Kier molecular flexibility index (Phi) is 10.9. The van der Waals surface area contributed by atoms with E-state index in [-0.39, 0.29) is 0 Å². The van der Waals surface area contributed by atoms with Crippen molar-refractivity contribution < 1.29 is 0 Å². The Balaban J connectivity index is 1.07. The molecule has 276 valence electrons. The third-order valence-electron chi connectivity index (χ3n) is 12.3. The van der Waals surface area contributed by atoms with Crippen molar-refractivity contribution in [2.45, 2.75) is 104 Å². The lowest BCUT2D eigenvalue weighted by molar-refractivity contribution is 0.607. The predicted octanol–water partition coefficient (Wildman–Crippen LogP) is 15.3. The Morgan fingerprint density at radius 3 is 1.09 bits per heavy atom. The van der Waals surface area contributed by atoms with Crippen molar-refractivity contribution in [3.8, 4) is 22.5 Å². The van der Waals surface area contributed by atoms with Gasteiger partial charge >= 0.3 is 0 Å². The molecule has 0 aliphatic carbocycles. The summed E-state index contributed by atoms with van der Waals surface area (Å²) in [5, 5.41) is 10.5. The second-order valence-corrected chi connectivity index (χ2v) is 16.0. The summed E-state index contributed by atoms with van der Waals surface area (Å²) in [6.07, 6.45) is 18.5. The molecule has 2 heterocycles. The van der Waals surface area contributed by atoms with Crippen LogP contribution in [0.1, 0.15) is 102 Å². The number of aryl methyl sites for hydroxylation is 4. The molecular formula is C52H58N2. The number of fused-ring (bicyclic) bond motifs is 9. The van der Waals surface area contributed by atoms with Gasteiger partial charge in [0.05, 0.1) is 11.0 Å². The highest BCUT2D eigenvalue weighted by atomic mass is 15.0. The largest absolute Gasteiger partial charge is 0.343 e. The summed E-state index contributed by atoms with van der Waals surface area (Å²) in [5.74, 6) is 0. The van der Waals surface area contributed by atoms with E-state index in [1.165, 1.54) is 178 Å². The first-order valence-electron chi connectivity index (χ1n) is 21.1. The number of unbranched alkanes of at least 4 members (excludes halogenated alkanes) is 10. The van der Waals surface area contributed by atoms with Crippen molar-refractivity contribution in [3.05, 3.63) is 120 Å². The van der Waals surface area contributed by atoms with Gasteiger partial charge in [-0.1, -0.05) is 175 Å². The number of nitrogens with zero attached hydrogens (tertiary/aromatic N) is 2. The quantitative estimate of drug-likeness (QED) is 0.0698. The van der Waals surface area contributed by atoms with Crippen LogP contribution in [0.15, 0.2) is 109 Å². The molecule has 0 aliphatic rings. The van der Waals surface area contributed by atoms with Gasteiger partial charge in [-0.3, -0.25) is 0 Å². The van der Waals surface area contributed by atoms with Gasteiger partial charge in [-0.05, 0) is 81.6 Å². The first kappa shape index (κ1) is 36.2. The lowest BCUT2D eigenvalue weighted by Crippen LogP contribution is -1.94. The summed E-state index contributed by atoms with van der Waals surface area (Å²) in [4.78, 5) is 0. The van der Waals surface area contributed by atoms with E-state index in [1.807, 2.05) is 0 Å². The molecule has 2 nitrogen and oxygen atoms in total.